The summed E-state index contributed by atoms with van der Waals surface area (Å²) in [6.45, 7) is 9.08. The lowest BCUT2D eigenvalue weighted by molar-refractivity contribution is 0.0529. The van der Waals surface area contributed by atoms with Crippen molar-refractivity contribution in [2.75, 3.05) is 50.8 Å². The second-order valence-electron chi connectivity index (χ2n) is 7.96. The number of nitrogens with one attached hydrogen (secondary N) is 2. The van der Waals surface area contributed by atoms with E-state index in [9.17, 15) is 8.78 Å². The van der Waals surface area contributed by atoms with E-state index in [1.165, 1.54) is 0 Å². The smallest absolute Gasteiger partial charge is 0.251 e. The van der Waals surface area contributed by atoms with Crippen LogP contribution in [0.15, 0.2) is 23.3 Å². The number of morpholine rings is 1. The molecule has 0 saturated carbocycles. The lowest BCUT2D eigenvalue weighted by atomic mass is 10.1. The van der Waals surface area contributed by atoms with Gasteiger partial charge in [-0.25, -0.2) is 18.8 Å². The Kier molecular flexibility index (Phi) is 8.62. The first-order valence-electron chi connectivity index (χ1n) is 10.9. The van der Waals surface area contributed by atoms with Gasteiger partial charge in [0.15, 0.2) is 5.96 Å². The number of alkyl halides is 2. The predicted molar refractivity (Wildman–Crippen MR) is 115 cm³/mol. The van der Waals surface area contributed by atoms with Crippen LogP contribution in [-0.4, -0.2) is 80.3 Å². The molecule has 0 spiro atoms. The summed E-state index contributed by atoms with van der Waals surface area (Å²) in [5, 5.41) is 6.76. The van der Waals surface area contributed by atoms with E-state index in [1.54, 1.807) is 0 Å². The summed E-state index contributed by atoms with van der Waals surface area (Å²) in [6.07, 6.45) is 1.45. The number of likely N-dealkylation sites (tertiary alicyclic amines) is 1. The van der Waals surface area contributed by atoms with E-state index in [2.05, 4.69) is 33.5 Å². The van der Waals surface area contributed by atoms with Crippen LogP contribution in [0, 0.1) is 0 Å². The van der Waals surface area contributed by atoms with Crippen LogP contribution < -0.4 is 15.5 Å². The van der Waals surface area contributed by atoms with Gasteiger partial charge < -0.3 is 20.3 Å². The molecule has 2 saturated heterocycles. The number of pyridine rings is 1. The number of ether oxygens (including phenoxy) is 1. The lowest BCUT2D eigenvalue weighted by Gasteiger charge is -2.32. The zero-order valence-corrected chi connectivity index (χ0v) is 18.0. The third-order valence-corrected chi connectivity index (χ3v) is 5.46. The molecule has 7 nitrogen and oxygen atoms in total. The third-order valence-electron chi connectivity index (χ3n) is 5.46. The Morgan fingerprint density at radius 3 is 2.83 bits per heavy atom. The molecule has 0 radical (unpaired) electrons. The molecular weight excluding hydrogens is 390 g/mol. The van der Waals surface area contributed by atoms with Crippen LogP contribution in [0.3, 0.4) is 0 Å². The first-order valence-corrected chi connectivity index (χ1v) is 10.9. The number of hydrogen-bond donors (Lipinski definition) is 2. The summed E-state index contributed by atoms with van der Waals surface area (Å²) >= 11 is 0. The van der Waals surface area contributed by atoms with E-state index in [0.29, 0.717) is 19.6 Å². The van der Waals surface area contributed by atoms with Crippen LogP contribution in [0.1, 0.15) is 32.3 Å². The fourth-order valence-electron chi connectivity index (χ4n) is 3.90. The van der Waals surface area contributed by atoms with E-state index < -0.39 is 6.43 Å². The third kappa shape index (κ3) is 7.05. The number of anilines is 1. The normalized spacial score (nSPS) is 21.8. The largest absolute Gasteiger partial charge is 0.375 e. The molecule has 2 aliphatic heterocycles. The number of aromatic nitrogens is 1. The molecule has 168 valence electrons. The molecule has 3 rings (SSSR count). The van der Waals surface area contributed by atoms with Crippen LogP contribution in [0.5, 0.6) is 0 Å². The number of halogens is 2. The molecule has 3 heterocycles. The molecule has 2 N–H and O–H groups in total. The summed E-state index contributed by atoms with van der Waals surface area (Å²) in [6, 6.07) is 4.33. The second-order valence-corrected chi connectivity index (χ2v) is 7.96. The van der Waals surface area contributed by atoms with Crippen molar-refractivity contribution in [3.05, 3.63) is 23.9 Å². The van der Waals surface area contributed by atoms with Crippen LogP contribution in [0.4, 0.5) is 14.6 Å². The Labute approximate surface area is 177 Å². The Morgan fingerprint density at radius 1 is 1.33 bits per heavy atom. The van der Waals surface area contributed by atoms with E-state index in [0.717, 1.165) is 56.4 Å². The van der Waals surface area contributed by atoms with Crippen LogP contribution in [0.25, 0.3) is 0 Å². The van der Waals surface area contributed by atoms with Crippen molar-refractivity contribution in [2.45, 2.75) is 51.8 Å². The summed E-state index contributed by atoms with van der Waals surface area (Å²) in [4.78, 5) is 13.3. The van der Waals surface area contributed by atoms with E-state index in [-0.39, 0.29) is 18.7 Å². The minimum Gasteiger partial charge on any atom is -0.375 e. The highest BCUT2D eigenvalue weighted by atomic mass is 19.3. The van der Waals surface area contributed by atoms with Gasteiger partial charge in [-0.05, 0) is 44.4 Å². The average molecular weight is 425 g/mol. The topological polar surface area (TPSA) is 65.0 Å². The zero-order chi connectivity index (χ0) is 21.3. The van der Waals surface area contributed by atoms with Crippen molar-refractivity contribution >= 4 is 11.8 Å². The molecule has 0 aliphatic carbocycles. The number of guanidine groups is 1. The van der Waals surface area contributed by atoms with Gasteiger partial charge in [0.1, 0.15) is 5.82 Å². The maximum Gasteiger partial charge on any atom is 0.251 e. The molecular formula is C21H34F2N6O. The molecule has 2 fully saturated rings. The standard InChI is InChI=1S/C21H34F2N6O/c1-3-24-21(27-18-5-8-28(9-6-18)15-19(22)23)26-13-17-4-7-25-20(12-17)29-10-11-30-16(2)14-29/h4,7,12,16,18-19H,3,5-6,8-11,13-15H2,1-2H3,(H2,24,26,27). The molecule has 2 aliphatic rings. The first-order chi connectivity index (χ1) is 14.5. The highest BCUT2D eigenvalue weighted by Crippen LogP contribution is 2.17. The van der Waals surface area contributed by atoms with Gasteiger partial charge >= 0.3 is 0 Å². The maximum absolute atomic E-state index is 12.6. The minimum atomic E-state index is -2.26. The predicted octanol–water partition coefficient (Wildman–Crippen LogP) is 2.09. The molecule has 0 aromatic carbocycles. The van der Waals surface area contributed by atoms with Gasteiger partial charge in [-0.2, -0.15) is 0 Å². The monoisotopic (exact) mass is 424 g/mol. The van der Waals surface area contributed by atoms with Gasteiger partial charge in [-0.1, -0.05) is 0 Å². The van der Waals surface area contributed by atoms with Gasteiger partial charge in [0.25, 0.3) is 6.43 Å². The second kappa shape index (κ2) is 11.4. The molecule has 0 amide bonds. The van der Waals surface area contributed by atoms with Gasteiger partial charge in [0.05, 0.1) is 25.8 Å². The summed E-state index contributed by atoms with van der Waals surface area (Å²) in [7, 11) is 0. The van der Waals surface area contributed by atoms with Crippen LogP contribution in [-0.2, 0) is 11.3 Å². The Hall–Kier alpha value is -2.00. The van der Waals surface area contributed by atoms with Gasteiger partial charge in [-0.15, -0.1) is 0 Å². The summed E-state index contributed by atoms with van der Waals surface area (Å²) in [5.74, 6) is 1.73. The fourth-order valence-corrected chi connectivity index (χ4v) is 3.90. The molecule has 1 atom stereocenters. The highest BCUT2D eigenvalue weighted by molar-refractivity contribution is 5.80. The molecule has 9 heteroatoms. The quantitative estimate of drug-likeness (QED) is 0.516. The van der Waals surface area contributed by atoms with Crippen molar-refractivity contribution in [1.29, 1.82) is 0 Å². The lowest BCUT2D eigenvalue weighted by Crippen LogP contribution is -2.49. The molecule has 1 unspecified atom stereocenters. The highest BCUT2D eigenvalue weighted by Gasteiger charge is 2.22. The molecule has 30 heavy (non-hydrogen) atoms. The van der Waals surface area contributed by atoms with Gasteiger partial charge in [-0.3, -0.25) is 4.90 Å². The SMILES string of the molecule is CCNC(=NCc1ccnc(N2CCOC(C)C2)c1)NC1CCN(CC(F)F)CC1. The Balaban J connectivity index is 1.55. The van der Waals surface area contributed by atoms with Crippen LogP contribution in [0.2, 0.25) is 0 Å². The number of aliphatic imine (C=N–C) groups is 1. The zero-order valence-electron chi connectivity index (χ0n) is 18.0. The maximum atomic E-state index is 12.6. The van der Waals surface area contributed by atoms with E-state index in [1.807, 2.05) is 24.1 Å². The van der Waals surface area contributed by atoms with Gasteiger partial charge in [0, 0.05) is 45.0 Å². The molecule has 1 aromatic rings. The fraction of sp³-hybridized carbons (Fsp3) is 0.714. The minimum absolute atomic E-state index is 0.132. The van der Waals surface area contributed by atoms with Crippen molar-refractivity contribution < 1.29 is 13.5 Å². The van der Waals surface area contributed by atoms with Crippen LogP contribution >= 0.6 is 0 Å². The number of rotatable bonds is 7. The Morgan fingerprint density at radius 2 is 2.13 bits per heavy atom. The van der Waals surface area contributed by atoms with Crippen molar-refractivity contribution in [3.63, 3.8) is 0 Å². The Bertz CT molecular complexity index is 681. The molecule has 1 aromatic heterocycles. The van der Waals surface area contributed by atoms with E-state index >= 15 is 0 Å². The summed E-state index contributed by atoms with van der Waals surface area (Å²) in [5.41, 5.74) is 1.10. The number of nitrogens with zero attached hydrogens (tertiary/aromatic N) is 4. The number of piperidine rings is 1. The van der Waals surface area contributed by atoms with Crippen molar-refractivity contribution in [3.8, 4) is 0 Å². The molecule has 0 bridgehead atoms. The van der Waals surface area contributed by atoms with Gasteiger partial charge in [0.2, 0.25) is 0 Å². The first kappa shape index (κ1) is 22.7. The summed E-state index contributed by atoms with van der Waals surface area (Å²) < 4.78 is 30.7. The van der Waals surface area contributed by atoms with Crippen molar-refractivity contribution in [2.24, 2.45) is 4.99 Å². The van der Waals surface area contributed by atoms with E-state index in [4.69, 9.17) is 9.73 Å². The number of hydrogen-bond acceptors (Lipinski definition) is 5. The average Bonchev–Trinajstić information content (AvgIpc) is 2.73. The van der Waals surface area contributed by atoms with Crippen molar-refractivity contribution in [1.82, 2.24) is 20.5 Å².